The van der Waals surface area contributed by atoms with Gasteiger partial charge in [0.25, 0.3) is 17.5 Å². The van der Waals surface area contributed by atoms with Gasteiger partial charge in [-0.1, -0.05) is 18.2 Å². The zero-order valence-electron chi connectivity index (χ0n) is 13.5. The van der Waals surface area contributed by atoms with Gasteiger partial charge in [0.1, 0.15) is 0 Å². The number of amides is 2. The van der Waals surface area contributed by atoms with Crippen molar-refractivity contribution in [3.8, 4) is 0 Å². The summed E-state index contributed by atoms with van der Waals surface area (Å²) in [7, 11) is 0. The lowest BCUT2D eigenvalue weighted by Crippen LogP contribution is -2.41. The summed E-state index contributed by atoms with van der Waals surface area (Å²) in [4.78, 5) is 34.3. The van der Waals surface area contributed by atoms with Gasteiger partial charge in [0, 0.05) is 34.8 Å². The summed E-state index contributed by atoms with van der Waals surface area (Å²) in [5.41, 5.74) is 6.06. The summed E-state index contributed by atoms with van der Waals surface area (Å²) in [6.07, 6.45) is 0. The number of nitrogens with one attached hydrogen (secondary N) is 2. The largest absolute Gasteiger partial charge is 0.270 e. The molecule has 2 N–H and O–H groups in total. The fraction of sp³-hybridized carbons (Fsp3) is 0.176. The van der Waals surface area contributed by atoms with Gasteiger partial charge >= 0.3 is 0 Å². The van der Waals surface area contributed by atoms with Crippen LogP contribution in [0.5, 0.6) is 0 Å². The van der Waals surface area contributed by atoms with Gasteiger partial charge in [-0.25, -0.2) is 0 Å². The predicted octanol–water partition coefficient (Wildman–Crippen LogP) is 3.15. The van der Waals surface area contributed by atoms with E-state index in [1.807, 2.05) is 35.7 Å². The molecule has 1 fully saturated rings. The first-order valence-corrected chi connectivity index (χ1v) is 9.82. The van der Waals surface area contributed by atoms with Gasteiger partial charge in [-0.05, 0) is 23.8 Å². The molecule has 2 amide bonds. The number of benzene rings is 2. The van der Waals surface area contributed by atoms with E-state index >= 15 is 0 Å². The number of nitrogens with zero attached hydrogens (tertiary/aromatic N) is 1. The van der Waals surface area contributed by atoms with E-state index in [4.69, 9.17) is 0 Å². The van der Waals surface area contributed by atoms with Crippen LogP contribution >= 0.6 is 23.5 Å². The second kappa shape index (κ2) is 8.24. The van der Waals surface area contributed by atoms with Gasteiger partial charge in [-0.15, -0.1) is 23.5 Å². The van der Waals surface area contributed by atoms with Crippen LogP contribution in [0.4, 0.5) is 5.69 Å². The highest BCUT2D eigenvalue weighted by molar-refractivity contribution is 8.19. The molecule has 0 radical (unpaired) electrons. The van der Waals surface area contributed by atoms with Crippen molar-refractivity contribution < 1.29 is 14.5 Å². The zero-order valence-corrected chi connectivity index (χ0v) is 15.1. The molecule has 26 heavy (non-hydrogen) atoms. The van der Waals surface area contributed by atoms with Crippen molar-refractivity contribution in [3.05, 3.63) is 75.3 Å². The predicted molar refractivity (Wildman–Crippen MR) is 102 cm³/mol. The van der Waals surface area contributed by atoms with E-state index in [0.29, 0.717) is 10.1 Å². The number of hydrogen-bond acceptors (Lipinski definition) is 6. The number of non-ortho nitro benzene ring substituents is 1. The van der Waals surface area contributed by atoms with E-state index < -0.39 is 16.7 Å². The minimum absolute atomic E-state index is 0.0881. The molecular formula is C17H15N3O4S2. The molecule has 1 aliphatic rings. The van der Waals surface area contributed by atoms with Gasteiger partial charge in [0.2, 0.25) is 0 Å². The third-order valence-electron chi connectivity index (χ3n) is 3.68. The third-order valence-corrected chi connectivity index (χ3v) is 6.78. The molecule has 0 spiro atoms. The molecule has 0 aromatic heterocycles. The number of rotatable bonds is 4. The van der Waals surface area contributed by atoms with Gasteiger partial charge in [-0.3, -0.25) is 30.6 Å². The lowest BCUT2D eigenvalue weighted by atomic mass is 10.1. The number of hydrogen-bond donors (Lipinski definition) is 2. The third kappa shape index (κ3) is 4.36. The molecule has 1 saturated heterocycles. The Morgan fingerprint density at radius 3 is 2.19 bits per heavy atom. The molecule has 1 aliphatic heterocycles. The Morgan fingerprint density at radius 1 is 0.962 bits per heavy atom. The number of nitro groups is 1. The van der Waals surface area contributed by atoms with E-state index in [-0.39, 0.29) is 11.3 Å². The molecular weight excluding hydrogens is 374 g/mol. The second-order valence-corrected chi connectivity index (χ2v) is 8.14. The molecule has 0 saturated carbocycles. The fourth-order valence-electron chi connectivity index (χ4n) is 2.36. The summed E-state index contributed by atoms with van der Waals surface area (Å²) < 4.78 is 0.403. The van der Waals surface area contributed by atoms with Crippen LogP contribution in [0.15, 0.2) is 48.5 Å². The molecule has 9 heteroatoms. The Morgan fingerprint density at radius 2 is 1.58 bits per heavy atom. The molecule has 0 bridgehead atoms. The van der Waals surface area contributed by atoms with Crippen LogP contribution < -0.4 is 10.9 Å². The Kier molecular flexibility index (Phi) is 5.79. The molecule has 2 aromatic carbocycles. The van der Waals surface area contributed by atoms with Crippen molar-refractivity contribution in [3.63, 3.8) is 0 Å². The Balaban J connectivity index is 1.58. The molecule has 0 atom stereocenters. The highest BCUT2D eigenvalue weighted by atomic mass is 32.2. The Labute approximate surface area is 158 Å². The van der Waals surface area contributed by atoms with Gasteiger partial charge in [0.15, 0.2) is 0 Å². The number of carbonyl (C=O) groups excluding carboxylic acids is 2. The number of carbonyl (C=O) groups is 2. The number of nitro benzene ring substituents is 1. The summed E-state index contributed by atoms with van der Waals surface area (Å²) >= 11 is 3.76. The lowest BCUT2D eigenvalue weighted by molar-refractivity contribution is -0.384. The lowest BCUT2D eigenvalue weighted by Gasteiger charge is -2.10. The van der Waals surface area contributed by atoms with Crippen molar-refractivity contribution in [1.82, 2.24) is 10.9 Å². The van der Waals surface area contributed by atoms with Crippen LogP contribution in [0, 0.1) is 10.1 Å². The highest BCUT2D eigenvalue weighted by Gasteiger charge is 2.18. The fourth-order valence-corrected chi connectivity index (χ4v) is 5.22. The maximum absolute atomic E-state index is 12.1. The minimum atomic E-state index is -0.627. The van der Waals surface area contributed by atoms with Gasteiger partial charge in [-0.2, -0.15) is 0 Å². The summed E-state index contributed by atoms with van der Waals surface area (Å²) in [5, 5.41) is 10.8. The number of thioether (sulfide) groups is 2. The first kappa shape index (κ1) is 18.3. The molecule has 3 rings (SSSR count). The Hall–Kier alpha value is -2.52. The number of hydrazine groups is 1. The first-order chi connectivity index (χ1) is 12.5. The smallest absolute Gasteiger partial charge is 0.267 e. The van der Waals surface area contributed by atoms with Crippen LogP contribution in [0.1, 0.15) is 30.9 Å². The average molecular weight is 389 g/mol. The highest BCUT2D eigenvalue weighted by Crippen LogP contribution is 2.45. The van der Waals surface area contributed by atoms with Crippen molar-refractivity contribution in [2.75, 3.05) is 11.5 Å². The second-order valence-electron chi connectivity index (χ2n) is 5.41. The van der Waals surface area contributed by atoms with E-state index in [2.05, 4.69) is 10.9 Å². The molecule has 0 unspecified atom stereocenters. The van der Waals surface area contributed by atoms with E-state index in [0.717, 1.165) is 23.1 Å². The van der Waals surface area contributed by atoms with Gasteiger partial charge < -0.3 is 0 Å². The summed E-state index contributed by atoms with van der Waals surface area (Å²) in [6, 6.07) is 12.5. The molecule has 2 aromatic rings. The van der Waals surface area contributed by atoms with Crippen LogP contribution in [0.2, 0.25) is 0 Å². The van der Waals surface area contributed by atoms with Crippen LogP contribution in [0.25, 0.3) is 0 Å². The van der Waals surface area contributed by atoms with Crippen LogP contribution in [-0.4, -0.2) is 28.2 Å². The monoisotopic (exact) mass is 389 g/mol. The quantitative estimate of drug-likeness (QED) is 0.615. The average Bonchev–Trinajstić information content (AvgIpc) is 3.21. The van der Waals surface area contributed by atoms with Crippen molar-refractivity contribution in [2.45, 2.75) is 4.58 Å². The Bertz CT molecular complexity index is 836. The van der Waals surface area contributed by atoms with Crippen LogP contribution in [0.3, 0.4) is 0 Å². The minimum Gasteiger partial charge on any atom is -0.267 e. The molecule has 7 nitrogen and oxygen atoms in total. The van der Waals surface area contributed by atoms with E-state index in [9.17, 15) is 19.7 Å². The van der Waals surface area contributed by atoms with Crippen molar-refractivity contribution in [2.24, 2.45) is 0 Å². The van der Waals surface area contributed by atoms with Crippen molar-refractivity contribution >= 4 is 41.0 Å². The standard InChI is InChI=1S/C17H15N3O4S2/c21-15(11-4-6-12(7-5-11)17-25-8-9-26-17)18-19-16(22)13-2-1-3-14(10-13)20(23)24/h1-7,10,17H,8-9H2,(H,18,21)(H,19,22). The molecule has 134 valence electrons. The molecule has 0 aliphatic carbocycles. The van der Waals surface area contributed by atoms with Crippen LogP contribution in [-0.2, 0) is 0 Å². The van der Waals surface area contributed by atoms with E-state index in [1.54, 1.807) is 12.1 Å². The maximum Gasteiger partial charge on any atom is 0.270 e. The SMILES string of the molecule is O=C(NNC(=O)c1cccc([N+](=O)[O-])c1)c1ccc(C2SCCS2)cc1. The van der Waals surface area contributed by atoms with E-state index in [1.165, 1.54) is 18.2 Å². The van der Waals surface area contributed by atoms with Gasteiger partial charge in [0.05, 0.1) is 9.51 Å². The topological polar surface area (TPSA) is 101 Å². The maximum atomic E-state index is 12.1. The zero-order chi connectivity index (χ0) is 18.5. The first-order valence-electron chi connectivity index (χ1n) is 7.73. The summed E-state index contributed by atoms with van der Waals surface area (Å²) in [5.74, 6) is 1.17. The normalized spacial score (nSPS) is 14.0. The van der Waals surface area contributed by atoms with Crippen molar-refractivity contribution in [1.29, 1.82) is 0 Å². The summed E-state index contributed by atoms with van der Waals surface area (Å²) in [6.45, 7) is 0. The molecule has 1 heterocycles.